The van der Waals surface area contributed by atoms with Gasteiger partial charge in [-0.15, -0.1) is 0 Å². The number of nitrogens with zero attached hydrogens (tertiary/aromatic N) is 2. The highest BCUT2D eigenvalue weighted by Gasteiger charge is 2.37. The summed E-state index contributed by atoms with van der Waals surface area (Å²) in [5.74, 6) is 0.348. The predicted octanol–water partition coefficient (Wildman–Crippen LogP) is 3.77. The van der Waals surface area contributed by atoms with Crippen molar-refractivity contribution in [3.05, 3.63) is 62.1 Å². The first-order chi connectivity index (χ1) is 16.4. The molecule has 0 spiro atoms. The standard InChI is InChI=1S/C24H23IN2O6S/c1-31-20-12-17(4-7-19(20)33-15-16-2-5-18(25)6-3-16)13-21-23(29)27(24(30)34-21)14-22(28)26-8-10-32-11-9-26/h2-7,12-13H,8-11,14-15H2,1H3/b21-13+. The predicted molar refractivity (Wildman–Crippen MR) is 137 cm³/mol. The maximum absolute atomic E-state index is 12.8. The second kappa shape index (κ2) is 11.2. The van der Waals surface area contributed by atoms with Crippen LogP contribution in [0.4, 0.5) is 4.79 Å². The first-order valence-electron chi connectivity index (χ1n) is 10.6. The summed E-state index contributed by atoms with van der Waals surface area (Å²) < 4.78 is 17.8. The Labute approximate surface area is 215 Å². The fourth-order valence-corrected chi connectivity index (χ4v) is 4.67. The summed E-state index contributed by atoms with van der Waals surface area (Å²) in [5.41, 5.74) is 1.72. The molecule has 178 valence electrons. The van der Waals surface area contributed by atoms with Crippen LogP contribution in [0.3, 0.4) is 0 Å². The largest absolute Gasteiger partial charge is 0.493 e. The Kier molecular flexibility index (Phi) is 8.11. The summed E-state index contributed by atoms with van der Waals surface area (Å²) >= 11 is 3.07. The number of morpholine rings is 1. The van der Waals surface area contributed by atoms with E-state index < -0.39 is 11.1 Å². The van der Waals surface area contributed by atoms with Gasteiger partial charge in [0.05, 0.1) is 25.2 Å². The summed E-state index contributed by atoms with van der Waals surface area (Å²) in [6, 6.07) is 13.3. The van der Waals surface area contributed by atoms with E-state index in [9.17, 15) is 14.4 Å². The van der Waals surface area contributed by atoms with E-state index in [2.05, 4.69) is 22.6 Å². The fraction of sp³-hybridized carbons (Fsp3) is 0.292. The van der Waals surface area contributed by atoms with Crippen LogP contribution >= 0.6 is 34.4 Å². The number of thioether (sulfide) groups is 1. The van der Waals surface area contributed by atoms with Crippen molar-refractivity contribution in [3.8, 4) is 11.5 Å². The van der Waals surface area contributed by atoms with Gasteiger partial charge in [0.15, 0.2) is 11.5 Å². The van der Waals surface area contributed by atoms with Crippen molar-refractivity contribution in [2.75, 3.05) is 40.0 Å². The Morgan fingerprint density at radius 3 is 2.56 bits per heavy atom. The summed E-state index contributed by atoms with van der Waals surface area (Å²) in [6.07, 6.45) is 1.62. The van der Waals surface area contributed by atoms with Gasteiger partial charge in [0, 0.05) is 16.7 Å². The molecule has 0 unspecified atom stereocenters. The number of carbonyl (C=O) groups is 3. The van der Waals surface area contributed by atoms with Crippen LogP contribution in [0.25, 0.3) is 6.08 Å². The van der Waals surface area contributed by atoms with E-state index in [1.54, 1.807) is 36.3 Å². The van der Waals surface area contributed by atoms with Gasteiger partial charge in [-0.2, -0.15) is 0 Å². The number of amides is 3. The number of halogens is 1. The Balaban J connectivity index is 1.43. The Morgan fingerprint density at radius 1 is 1.12 bits per heavy atom. The van der Waals surface area contributed by atoms with Gasteiger partial charge in [0.25, 0.3) is 11.1 Å². The van der Waals surface area contributed by atoms with Crippen molar-refractivity contribution in [1.82, 2.24) is 9.80 Å². The van der Waals surface area contributed by atoms with Crippen LogP contribution in [-0.4, -0.2) is 66.8 Å². The van der Waals surface area contributed by atoms with E-state index in [4.69, 9.17) is 14.2 Å². The van der Waals surface area contributed by atoms with Gasteiger partial charge in [0.2, 0.25) is 5.91 Å². The number of rotatable bonds is 7. The van der Waals surface area contributed by atoms with Crippen molar-refractivity contribution in [3.63, 3.8) is 0 Å². The van der Waals surface area contributed by atoms with E-state index in [0.717, 1.165) is 25.8 Å². The molecule has 0 aromatic heterocycles. The molecular formula is C24H23IN2O6S. The zero-order chi connectivity index (χ0) is 24.1. The lowest BCUT2D eigenvalue weighted by atomic mass is 10.1. The summed E-state index contributed by atoms with van der Waals surface area (Å²) in [5, 5.41) is -0.456. The topological polar surface area (TPSA) is 85.4 Å². The molecule has 2 fully saturated rings. The smallest absolute Gasteiger partial charge is 0.294 e. The summed E-state index contributed by atoms with van der Waals surface area (Å²) in [7, 11) is 1.54. The van der Waals surface area contributed by atoms with Gasteiger partial charge in [-0.3, -0.25) is 19.3 Å². The fourth-order valence-electron chi connectivity index (χ4n) is 3.47. The first-order valence-corrected chi connectivity index (χ1v) is 12.5. The van der Waals surface area contributed by atoms with Crippen LogP contribution in [-0.2, 0) is 20.9 Å². The van der Waals surface area contributed by atoms with Crippen LogP contribution in [0, 0.1) is 3.57 Å². The lowest BCUT2D eigenvalue weighted by Gasteiger charge is -2.28. The maximum Gasteiger partial charge on any atom is 0.294 e. The van der Waals surface area contributed by atoms with Crippen molar-refractivity contribution < 1.29 is 28.6 Å². The molecule has 2 aromatic rings. The molecule has 34 heavy (non-hydrogen) atoms. The van der Waals surface area contributed by atoms with E-state index in [0.29, 0.717) is 50.0 Å². The highest BCUT2D eigenvalue weighted by Crippen LogP contribution is 2.34. The van der Waals surface area contributed by atoms with Crippen LogP contribution in [0.2, 0.25) is 0 Å². The molecule has 0 N–H and O–H groups in total. The quantitative estimate of drug-likeness (QED) is 0.357. The highest BCUT2D eigenvalue weighted by molar-refractivity contribution is 14.1. The minimum absolute atomic E-state index is 0.259. The molecule has 8 nitrogen and oxygen atoms in total. The number of carbonyl (C=O) groups excluding carboxylic acids is 3. The lowest BCUT2D eigenvalue weighted by molar-refractivity contribution is -0.139. The van der Waals surface area contributed by atoms with Crippen molar-refractivity contribution in [2.45, 2.75) is 6.61 Å². The van der Waals surface area contributed by atoms with Gasteiger partial charge in [-0.25, -0.2) is 0 Å². The Morgan fingerprint density at radius 2 is 1.85 bits per heavy atom. The van der Waals surface area contributed by atoms with Crippen molar-refractivity contribution >= 4 is 57.5 Å². The number of methoxy groups -OCH3 is 1. The van der Waals surface area contributed by atoms with E-state index >= 15 is 0 Å². The number of ether oxygens (including phenoxy) is 3. The summed E-state index contributed by atoms with van der Waals surface area (Å²) in [6.45, 7) is 1.96. The second-order valence-electron chi connectivity index (χ2n) is 7.59. The third-order valence-electron chi connectivity index (χ3n) is 5.32. The second-order valence-corrected chi connectivity index (χ2v) is 9.83. The van der Waals surface area contributed by atoms with Gasteiger partial charge >= 0.3 is 0 Å². The SMILES string of the molecule is COc1cc(/C=C2/SC(=O)N(CC(=O)N3CCOCC3)C2=O)ccc1OCc1ccc(I)cc1. The van der Waals surface area contributed by atoms with E-state index in [-0.39, 0.29) is 17.4 Å². The number of imide groups is 1. The van der Waals surface area contributed by atoms with Crippen LogP contribution in [0.15, 0.2) is 47.4 Å². The lowest BCUT2D eigenvalue weighted by Crippen LogP contribution is -2.46. The molecule has 2 aliphatic rings. The van der Waals surface area contributed by atoms with Gasteiger partial charge < -0.3 is 19.1 Å². The molecule has 3 amide bonds. The third-order valence-corrected chi connectivity index (χ3v) is 6.95. The zero-order valence-electron chi connectivity index (χ0n) is 18.5. The molecule has 2 heterocycles. The molecule has 0 atom stereocenters. The van der Waals surface area contributed by atoms with Crippen LogP contribution in [0.5, 0.6) is 11.5 Å². The van der Waals surface area contributed by atoms with E-state index in [1.807, 2.05) is 24.3 Å². The highest BCUT2D eigenvalue weighted by atomic mass is 127. The van der Waals surface area contributed by atoms with Crippen LogP contribution in [0.1, 0.15) is 11.1 Å². The van der Waals surface area contributed by atoms with Gasteiger partial charge in [-0.1, -0.05) is 18.2 Å². The first kappa shape index (κ1) is 24.6. The third kappa shape index (κ3) is 5.91. The van der Waals surface area contributed by atoms with E-state index in [1.165, 1.54) is 0 Å². The Bertz CT molecular complexity index is 1110. The molecule has 2 saturated heterocycles. The molecule has 2 aliphatic heterocycles. The molecular weight excluding hydrogens is 571 g/mol. The number of benzene rings is 2. The monoisotopic (exact) mass is 594 g/mol. The molecule has 0 saturated carbocycles. The summed E-state index contributed by atoms with van der Waals surface area (Å²) in [4.78, 5) is 40.5. The molecule has 0 bridgehead atoms. The molecule has 10 heteroatoms. The normalized spacial score (nSPS) is 17.4. The maximum atomic E-state index is 12.8. The average Bonchev–Trinajstić information content (AvgIpc) is 3.11. The average molecular weight is 594 g/mol. The van der Waals surface area contributed by atoms with Crippen molar-refractivity contribution in [1.29, 1.82) is 0 Å². The van der Waals surface area contributed by atoms with Gasteiger partial charge in [-0.05, 0) is 75.8 Å². The van der Waals surface area contributed by atoms with Gasteiger partial charge in [0.1, 0.15) is 13.2 Å². The minimum atomic E-state index is -0.477. The molecule has 4 rings (SSSR count). The number of hydrogen-bond donors (Lipinski definition) is 0. The minimum Gasteiger partial charge on any atom is -0.493 e. The number of hydrogen-bond acceptors (Lipinski definition) is 7. The van der Waals surface area contributed by atoms with Crippen LogP contribution < -0.4 is 9.47 Å². The molecule has 2 aromatic carbocycles. The zero-order valence-corrected chi connectivity index (χ0v) is 21.5. The molecule has 0 aliphatic carbocycles. The van der Waals surface area contributed by atoms with Crippen molar-refractivity contribution in [2.24, 2.45) is 0 Å². The molecule has 0 radical (unpaired) electrons. The Hall–Kier alpha value is -2.57.